The van der Waals surface area contributed by atoms with Crippen LogP contribution in [-0.2, 0) is 0 Å². The van der Waals surface area contributed by atoms with Crippen LogP contribution in [0.25, 0.3) is 0 Å². The minimum absolute atomic E-state index is 0.166. The summed E-state index contributed by atoms with van der Waals surface area (Å²) in [5.41, 5.74) is 0. The van der Waals surface area contributed by atoms with Crippen molar-refractivity contribution >= 4 is 31.9 Å². The van der Waals surface area contributed by atoms with Crippen molar-refractivity contribution in [2.24, 2.45) is 0 Å². The van der Waals surface area contributed by atoms with Crippen molar-refractivity contribution in [2.45, 2.75) is 45.8 Å². The number of methoxy groups -OCH3 is 1. The fourth-order valence-corrected chi connectivity index (χ4v) is 2.73. The van der Waals surface area contributed by atoms with Gasteiger partial charge in [0.15, 0.2) is 0 Å². The second-order valence-corrected chi connectivity index (χ2v) is 6.72. The van der Waals surface area contributed by atoms with Crippen LogP contribution in [-0.4, -0.2) is 25.8 Å². The highest BCUT2D eigenvalue weighted by molar-refractivity contribution is 9.11. The van der Waals surface area contributed by atoms with Crippen LogP contribution in [0, 0.1) is 0 Å². The van der Waals surface area contributed by atoms with E-state index in [1.807, 2.05) is 12.1 Å². The van der Waals surface area contributed by atoms with Gasteiger partial charge in [-0.1, -0.05) is 27.2 Å². The smallest absolute Gasteiger partial charge is 0.135 e. The average molecular weight is 409 g/mol. The first-order valence-electron chi connectivity index (χ1n) is 6.91. The van der Waals surface area contributed by atoms with Crippen molar-refractivity contribution in [3.05, 3.63) is 21.1 Å². The maximum atomic E-state index is 6.12. The summed E-state index contributed by atoms with van der Waals surface area (Å²) in [7, 11) is 1.65. The van der Waals surface area contributed by atoms with E-state index in [1.54, 1.807) is 7.11 Å². The lowest BCUT2D eigenvalue weighted by molar-refractivity contribution is 0.182. The van der Waals surface area contributed by atoms with Crippen molar-refractivity contribution in [1.29, 1.82) is 0 Å². The van der Waals surface area contributed by atoms with E-state index in [1.165, 1.54) is 0 Å². The van der Waals surface area contributed by atoms with Gasteiger partial charge >= 0.3 is 0 Å². The van der Waals surface area contributed by atoms with E-state index in [0.717, 1.165) is 39.8 Å². The van der Waals surface area contributed by atoms with Gasteiger partial charge in [-0.05, 0) is 50.4 Å². The first-order chi connectivity index (χ1) is 9.47. The molecule has 0 radical (unpaired) electrons. The van der Waals surface area contributed by atoms with Crippen LogP contribution in [0.3, 0.4) is 0 Å². The van der Waals surface area contributed by atoms with Gasteiger partial charge in [-0.15, -0.1) is 0 Å². The van der Waals surface area contributed by atoms with Gasteiger partial charge in [-0.2, -0.15) is 0 Å². The molecule has 0 aromatic heterocycles. The number of benzene rings is 1. The Bertz CT molecular complexity index is 425. The molecule has 0 aliphatic rings. The monoisotopic (exact) mass is 407 g/mol. The summed E-state index contributed by atoms with van der Waals surface area (Å²) < 4.78 is 13.2. The highest BCUT2D eigenvalue weighted by atomic mass is 79.9. The molecule has 1 aromatic rings. The zero-order valence-corrected chi connectivity index (χ0v) is 15.7. The van der Waals surface area contributed by atoms with Gasteiger partial charge in [0.1, 0.15) is 17.6 Å². The van der Waals surface area contributed by atoms with Gasteiger partial charge in [-0.3, -0.25) is 0 Å². The number of ether oxygens (including phenoxy) is 2. The van der Waals surface area contributed by atoms with Crippen LogP contribution < -0.4 is 14.8 Å². The van der Waals surface area contributed by atoms with Crippen LogP contribution in [0.1, 0.15) is 33.6 Å². The molecule has 0 amide bonds. The summed E-state index contributed by atoms with van der Waals surface area (Å²) in [4.78, 5) is 0. The van der Waals surface area contributed by atoms with Gasteiger partial charge in [0, 0.05) is 12.6 Å². The predicted octanol–water partition coefficient (Wildman–Crippen LogP) is 4.77. The Labute approximate surface area is 138 Å². The topological polar surface area (TPSA) is 30.5 Å². The number of rotatable bonds is 8. The van der Waals surface area contributed by atoms with E-state index in [2.05, 4.69) is 57.9 Å². The van der Waals surface area contributed by atoms with Crippen LogP contribution in [0.5, 0.6) is 11.5 Å². The van der Waals surface area contributed by atoms with Gasteiger partial charge < -0.3 is 14.8 Å². The van der Waals surface area contributed by atoms with E-state index in [-0.39, 0.29) is 6.10 Å². The lowest BCUT2D eigenvalue weighted by Crippen LogP contribution is -2.35. The lowest BCUT2D eigenvalue weighted by Gasteiger charge is -2.22. The molecule has 20 heavy (non-hydrogen) atoms. The zero-order valence-electron chi connectivity index (χ0n) is 12.5. The Morgan fingerprint density at radius 2 is 1.75 bits per heavy atom. The molecule has 0 bridgehead atoms. The molecule has 1 rings (SSSR count). The Balaban J connectivity index is 2.79. The van der Waals surface area contributed by atoms with E-state index in [4.69, 9.17) is 9.47 Å². The summed E-state index contributed by atoms with van der Waals surface area (Å²) in [6.07, 6.45) is 2.29. The molecule has 0 saturated heterocycles. The Kier molecular flexibility index (Phi) is 7.92. The fraction of sp³-hybridized carbons (Fsp3) is 0.600. The molecule has 3 nitrogen and oxygen atoms in total. The van der Waals surface area contributed by atoms with E-state index < -0.39 is 0 Å². The molecule has 0 spiro atoms. The molecule has 0 fully saturated rings. The molecule has 1 aromatic carbocycles. The summed E-state index contributed by atoms with van der Waals surface area (Å²) in [6, 6.07) is 4.32. The SMILES string of the molecule is CCCC(CNC(C)C)Oc1cc(Br)c(OC)cc1Br. The van der Waals surface area contributed by atoms with Crippen LogP contribution in [0.4, 0.5) is 0 Å². The minimum atomic E-state index is 0.166. The second-order valence-electron chi connectivity index (χ2n) is 5.01. The maximum Gasteiger partial charge on any atom is 0.135 e. The zero-order chi connectivity index (χ0) is 15.1. The van der Waals surface area contributed by atoms with Crippen LogP contribution >= 0.6 is 31.9 Å². The first kappa shape index (κ1) is 17.8. The molecule has 5 heteroatoms. The van der Waals surface area contributed by atoms with Crippen molar-refractivity contribution < 1.29 is 9.47 Å². The molecule has 0 saturated carbocycles. The molecule has 1 atom stereocenters. The average Bonchev–Trinajstić information content (AvgIpc) is 2.39. The third-order valence-electron chi connectivity index (χ3n) is 2.86. The lowest BCUT2D eigenvalue weighted by atomic mass is 10.2. The van der Waals surface area contributed by atoms with Gasteiger partial charge in [0.25, 0.3) is 0 Å². The Hall–Kier alpha value is -0.260. The standard InChI is InChI=1S/C15H23Br2NO2/c1-5-6-11(9-18-10(2)3)20-15-8-12(16)14(19-4)7-13(15)17/h7-8,10-11,18H,5-6,9H2,1-4H3. The Morgan fingerprint density at radius 1 is 1.15 bits per heavy atom. The summed E-state index contributed by atoms with van der Waals surface area (Å²) in [5, 5.41) is 3.43. The van der Waals surface area contributed by atoms with E-state index in [0.29, 0.717) is 6.04 Å². The molecule has 0 heterocycles. The van der Waals surface area contributed by atoms with Gasteiger partial charge in [0.05, 0.1) is 16.1 Å². The fourth-order valence-electron chi connectivity index (χ4n) is 1.83. The number of hydrogen-bond acceptors (Lipinski definition) is 3. The second kappa shape index (κ2) is 8.90. The summed E-state index contributed by atoms with van der Waals surface area (Å²) in [5.74, 6) is 1.62. The maximum absolute atomic E-state index is 6.12. The van der Waals surface area contributed by atoms with Crippen LogP contribution in [0.2, 0.25) is 0 Å². The Morgan fingerprint density at radius 3 is 2.30 bits per heavy atom. The normalized spacial score (nSPS) is 12.6. The van der Waals surface area contributed by atoms with E-state index in [9.17, 15) is 0 Å². The molecular weight excluding hydrogens is 386 g/mol. The summed E-state index contributed by atoms with van der Waals surface area (Å²) in [6.45, 7) is 7.30. The quantitative estimate of drug-likeness (QED) is 0.672. The third-order valence-corrected chi connectivity index (χ3v) is 4.10. The number of halogens is 2. The highest BCUT2D eigenvalue weighted by Gasteiger charge is 2.14. The molecule has 0 aliphatic heterocycles. The number of nitrogens with one attached hydrogen (secondary N) is 1. The van der Waals surface area contributed by atoms with Crippen molar-refractivity contribution in [3.8, 4) is 11.5 Å². The predicted molar refractivity (Wildman–Crippen MR) is 90.9 cm³/mol. The minimum Gasteiger partial charge on any atom is -0.496 e. The number of hydrogen-bond donors (Lipinski definition) is 1. The molecule has 0 aliphatic carbocycles. The third kappa shape index (κ3) is 5.62. The van der Waals surface area contributed by atoms with Crippen molar-refractivity contribution in [1.82, 2.24) is 5.32 Å². The van der Waals surface area contributed by atoms with E-state index >= 15 is 0 Å². The van der Waals surface area contributed by atoms with Crippen molar-refractivity contribution in [2.75, 3.05) is 13.7 Å². The van der Waals surface area contributed by atoms with Gasteiger partial charge in [-0.25, -0.2) is 0 Å². The highest BCUT2D eigenvalue weighted by Crippen LogP contribution is 2.36. The first-order valence-corrected chi connectivity index (χ1v) is 8.49. The molecule has 1 N–H and O–H groups in total. The van der Waals surface area contributed by atoms with Gasteiger partial charge in [0.2, 0.25) is 0 Å². The molecule has 1 unspecified atom stereocenters. The van der Waals surface area contributed by atoms with Crippen LogP contribution in [0.15, 0.2) is 21.1 Å². The largest absolute Gasteiger partial charge is 0.496 e. The summed E-state index contributed by atoms with van der Waals surface area (Å²) >= 11 is 7.03. The molecular formula is C15H23Br2NO2. The van der Waals surface area contributed by atoms with Crippen molar-refractivity contribution in [3.63, 3.8) is 0 Å². The molecule has 114 valence electrons.